The molecule has 0 saturated carbocycles. The Kier molecular flexibility index (Phi) is 9.58. The average molecular weight is 706 g/mol. The van der Waals surface area contributed by atoms with Crippen LogP contribution in [0.15, 0.2) is 106 Å². The molecule has 0 aromatic heterocycles. The highest BCUT2D eigenvalue weighted by Gasteiger charge is 2.36. The van der Waals surface area contributed by atoms with E-state index in [1.54, 1.807) is 42.5 Å². The number of carbonyl (C=O) groups is 3. The van der Waals surface area contributed by atoms with Gasteiger partial charge in [0.25, 0.3) is 11.8 Å². The molecule has 4 amide bonds. The summed E-state index contributed by atoms with van der Waals surface area (Å²) in [7, 11) is 0. The lowest BCUT2D eigenvalue weighted by atomic mass is 10.1. The fourth-order valence-electron chi connectivity index (χ4n) is 4.36. The number of para-hydroxylation sites is 1. The Morgan fingerprint density at radius 1 is 0.744 bits per heavy atom. The van der Waals surface area contributed by atoms with Gasteiger partial charge in [0.05, 0.1) is 21.2 Å². The van der Waals surface area contributed by atoms with E-state index < -0.39 is 17.8 Å². The molecule has 4 aromatic rings. The smallest absolute Gasteiger partial charge is 0.335 e. The summed E-state index contributed by atoms with van der Waals surface area (Å²) >= 11 is 7.08. The molecule has 0 unspecified atom stereocenters. The van der Waals surface area contributed by atoms with Crippen molar-refractivity contribution >= 4 is 61.5 Å². The minimum atomic E-state index is -0.798. The van der Waals surface area contributed by atoms with Crippen LogP contribution in [0.1, 0.15) is 23.6 Å². The molecule has 0 aliphatic carbocycles. The minimum absolute atomic E-state index is 0.172. The fourth-order valence-corrected chi connectivity index (χ4v) is 5.81. The Labute approximate surface area is 265 Å². The second-order valence-electron chi connectivity index (χ2n) is 9.38. The molecule has 0 atom stereocenters. The Balaban J connectivity index is 1.31. The van der Waals surface area contributed by atoms with E-state index in [1.165, 1.54) is 6.08 Å². The molecule has 1 N–H and O–H groups in total. The highest BCUT2D eigenvalue weighted by molar-refractivity contribution is 9.11. The molecule has 4 aromatic carbocycles. The number of nitrogens with one attached hydrogen (secondary N) is 1. The van der Waals surface area contributed by atoms with E-state index >= 15 is 0 Å². The molecule has 0 bridgehead atoms. The van der Waals surface area contributed by atoms with Gasteiger partial charge in [0.15, 0.2) is 11.5 Å². The first-order chi connectivity index (χ1) is 20.8. The van der Waals surface area contributed by atoms with Gasteiger partial charge in [0.1, 0.15) is 24.5 Å². The van der Waals surface area contributed by atoms with Gasteiger partial charge in [-0.3, -0.25) is 14.9 Å². The number of nitrogens with zero attached hydrogens (tertiary/aromatic N) is 1. The Morgan fingerprint density at radius 2 is 1.40 bits per heavy atom. The first kappa shape index (κ1) is 30.1. The highest BCUT2D eigenvalue weighted by Crippen LogP contribution is 2.37. The van der Waals surface area contributed by atoms with Crippen molar-refractivity contribution in [2.45, 2.75) is 20.1 Å². The maximum atomic E-state index is 13.2. The monoisotopic (exact) mass is 704 g/mol. The molecule has 8 nitrogen and oxygen atoms in total. The van der Waals surface area contributed by atoms with Gasteiger partial charge in [-0.05, 0) is 97.9 Å². The van der Waals surface area contributed by atoms with Crippen LogP contribution in [0, 0.1) is 0 Å². The largest absolute Gasteiger partial charge is 0.490 e. The first-order valence-electron chi connectivity index (χ1n) is 13.3. The second kappa shape index (κ2) is 13.7. The lowest BCUT2D eigenvalue weighted by molar-refractivity contribution is -0.122. The third kappa shape index (κ3) is 7.15. The number of halogens is 2. The maximum Gasteiger partial charge on any atom is 0.335 e. The third-order valence-electron chi connectivity index (χ3n) is 6.38. The van der Waals surface area contributed by atoms with Crippen molar-refractivity contribution in [3.8, 4) is 17.2 Å². The van der Waals surface area contributed by atoms with Gasteiger partial charge in [0, 0.05) is 0 Å². The highest BCUT2D eigenvalue weighted by atomic mass is 79.9. The van der Waals surface area contributed by atoms with E-state index in [2.05, 4.69) is 37.2 Å². The van der Waals surface area contributed by atoms with Crippen LogP contribution in [0.4, 0.5) is 10.5 Å². The van der Waals surface area contributed by atoms with Crippen molar-refractivity contribution in [3.05, 3.63) is 122 Å². The summed E-state index contributed by atoms with van der Waals surface area (Å²) in [6.07, 6.45) is 1.43. The number of anilines is 1. The predicted octanol–water partition coefficient (Wildman–Crippen LogP) is 7.43. The number of urea groups is 1. The van der Waals surface area contributed by atoms with Gasteiger partial charge in [-0.25, -0.2) is 9.69 Å². The van der Waals surface area contributed by atoms with Crippen molar-refractivity contribution < 1.29 is 28.6 Å². The second-order valence-corrected chi connectivity index (χ2v) is 11.1. The number of ether oxygens (including phenoxy) is 3. The molecule has 1 aliphatic heterocycles. The van der Waals surface area contributed by atoms with Crippen molar-refractivity contribution in [1.82, 2.24) is 5.32 Å². The van der Waals surface area contributed by atoms with Gasteiger partial charge in [-0.15, -0.1) is 0 Å². The molecule has 5 rings (SSSR count). The number of benzene rings is 4. The Bertz CT molecular complexity index is 1670. The van der Waals surface area contributed by atoms with E-state index in [0.29, 0.717) is 50.7 Å². The molecule has 1 fully saturated rings. The number of barbiturate groups is 1. The predicted molar refractivity (Wildman–Crippen MR) is 170 cm³/mol. The van der Waals surface area contributed by atoms with Crippen LogP contribution in [-0.4, -0.2) is 24.5 Å². The number of amides is 4. The molecule has 10 heteroatoms. The quantitative estimate of drug-likeness (QED) is 0.136. The normalized spacial score (nSPS) is 14.1. The van der Waals surface area contributed by atoms with Gasteiger partial charge in [-0.1, -0.05) is 54.6 Å². The molecular formula is C33H26Br2N2O6. The van der Waals surface area contributed by atoms with E-state index in [-0.39, 0.29) is 12.2 Å². The fraction of sp³-hybridized carbons (Fsp3) is 0.121. The van der Waals surface area contributed by atoms with Crippen LogP contribution >= 0.6 is 31.9 Å². The molecule has 0 radical (unpaired) electrons. The van der Waals surface area contributed by atoms with Crippen molar-refractivity contribution in [3.63, 3.8) is 0 Å². The van der Waals surface area contributed by atoms with Crippen LogP contribution in [0.25, 0.3) is 6.08 Å². The number of carbonyl (C=O) groups excluding carboxylic acids is 3. The SMILES string of the molecule is CCOc1cc(COc2c(Br)cc(/C=C3/C(=O)NC(=O)N(c4ccccc4)C3=O)cc2Br)ccc1OCc1ccccc1. The summed E-state index contributed by atoms with van der Waals surface area (Å²) in [5, 5.41) is 2.23. The van der Waals surface area contributed by atoms with Crippen LogP contribution in [-0.2, 0) is 22.8 Å². The zero-order valence-corrected chi connectivity index (χ0v) is 26.2. The van der Waals surface area contributed by atoms with Crippen LogP contribution in [0.3, 0.4) is 0 Å². The number of rotatable bonds is 10. The van der Waals surface area contributed by atoms with Crippen molar-refractivity contribution in [2.75, 3.05) is 11.5 Å². The lowest BCUT2D eigenvalue weighted by Gasteiger charge is -2.26. The van der Waals surface area contributed by atoms with Gasteiger partial charge >= 0.3 is 6.03 Å². The number of hydrogen-bond donors (Lipinski definition) is 1. The van der Waals surface area contributed by atoms with Gasteiger partial charge in [-0.2, -0.15) is 0 Å². The van der Waals surface area contributed by atoms with Crippen LogP contribution in [0.2, 0.25) is 0 Å². The standard InChI is InChI=1S/C33H26Br2N2O6/c1-2-41-29-18-22(13-14-28(29)42-19-21-9-5-3-6-10-21)20-43-30-26(34)16-23(17-27(30)35)15-25-31(38)36-33(40)37(32(25)39)24-11-7-4-8-12-24/h3-18H,2,19-20H2,1H3,(H,36,38,40)/b25-15-. The molecule has 1 saturated heterocycles. The topological polar surface area (TPSA) is 94.2 Å². The average Bonchev–Trinajstić information content (AvgIpc) is 2.99. The zero-order valence-electron chi connectivity index (χ0n) is 23.0. The summed E-state index contributed by atoms with van der Waals surface area (Å²) in [5.74, 6) is 0.316. The Hall–Kier alpha value is -4.41. The molecular weight excluding hydrogens is 680 g/mol. The summed E-state index contributed by atoms with van der Waals surface area (Å²) in [5.41, 5.74) is 2.66. The molecule has 0 spiro atoms. The first-order valence-corrected chi connectivity index (χ1v) is 14.9. The summed E-state index contributed by atoms with van der Waals surface area (Å²) in [4.78, 5) is 39.1. The summed E-state index contributed by atoms with van der Waals surface area (Å²) in [6, 6.07) is 26.6. The molecule has 218 valence electrons. The lowest BCUT2D eigenvalue weighted by Crippen LogP contribution is -2.54. The molecule has 1 heterocycles. The minimum Gasteiger partial charge on any atom is -0.490 e. The maximum absolute atomic E-state index is 13.2. The van der Waals surface area contributed by atoms with Crippen LogP contribution < -0.4 is 24.4 Å². The van der Waals surface area contributed by atoms with Crippen molar-refractivity contribution in [1.29, 1.82) is 0 Å². The van der Waals surface area contributed by atoms with Crippen LogP contribution in [0.5, 0.6) is 17.2 Å². The molecule has 43 heavy (non-hydrogen) atoms. The Morgan fingerprint density at radius 3 is 2.07 bits per heavy atom. The summed E-state index contributed by atoms with van der Waals surface area (Å²) < 4.78 is 19.1. The third-order valence-corrected chi connectivity index (χ3v) is 7.55. The number of imide groups is 2. The van der Waals surface area contributed by atoms with E-state index in [0.717, 1.165) is 16.0 Å². The number of hydrogen-bond acceptors (Lipinski definition) is 6. The van der Waals surface area contributed by atoms with E-state index in [9.17, 15) is 14.4 Å². The van der Waals surface area contributed by atoms with E-state index in [1.807, 2.05) is 55.5 Å². The summed E-state index contributed by atoms with van der Waals surface area (Å²) in [6.45, 7) is 3.06. The molecule has 1 aliphatic rings. The zero-order chi connectivity index (χ0) is 30.3. The van der Waals surface area contributed by atoms with E-state index in [4.69, 9.17) is 14.2 Å². The van der Waals surface area contributed by atoms with Crippen molar-refractivity contribution in [2.24, 2.45) is 0 Å². The van der Waals surface area contributed by atoms with Gasteiger partial charge < -0.3 is 14.2 Å². The van der Waals surface area contributed by atoms with Gasteiger partial charge in [0.2, 0.25) is 0 Å².